The van der Waals surface area contributed by atoms with Crippen LogP contribution in [0.5, 0.6) is 0 Å². The van der Waals surface area contributed by atoms with Crippen LogP contribution in [-0.2, 0) is 16.1 Å². The molecule has 0 saturated carbocycles. The van der Waals surface area contributed by atoms with E-state index in [2.05, 4.69) is 39.5 Å². The summed E-state index contributed by atoms with van der Waals surface area (Å²) in [4.78, 5) is 8.36. The van der Waals surface area contributed by atoms with E-state index in [-0.39, 0.29) is 6.47 Å². The molecule has 140 valence electrons. The maximum atomic E-state index is 8.36. The molecule has 1 heterocycles. The summed E-state index contributed by atoms with van der Waals surface area (Å²) in [6.45, 7) is 12.6. The highest BCUT2D eigenvalue weighted by molar-refractivity contribution is 5.81. The third-order valence-corrected chi connectivity index (χ3v) is 3.99. The van der Waals surface area contributed by atoms with Gasteiger partial charge in [0, 0.05) is 10.9 Å². The maximum absolute atomic E-state index is 8.36. The second-order valence-corrected chi connectivity index (χ2v) is 6.01. The van der Waals surface area contributed by atoms with Crippen LogP contribution in [0, 0.1) is 0 Å². The summed E-state index contributed by atoms with van der Waals surface area (Å²) in [6.07, 6.45) is 8.52. The average molecular weight is 356 g/mol. The Hall–Kier alpha value is -2.75. The van der Waals surface area contributed by atoms with Crippen molar-refractivity contribution >= 4 is 17.4 Å². The molecule has 4 nitrogen and oxygen atoms in total. The van der Waals surface area contributed by atoms with Crippen molar-refractivity contribution in [3.05, 3.63) is 71.7 Å². The minimum absolute atomic E-state index is 0.250. The molecule has 1 aromatic heterocycles. The monoisotopic (exact) mass is 356 g/mol. The molecule has 4 heteroatoms. The van der Waals surface area contributed by atoms with Crippen molar-refractivity contribution in [1.82, 2.24) is 0 Å². The Labute approximate surface area is 155 Å². The fraction of sp³-hybridized carbons (Fsp3) is 0.318. The molecule has 0 bridgehead atoms. The molecule has 1 aromatic carbocycles. The molecular weight excluding hydrogens is 328 g/mol. The summed E-state index contributed by atoms with van der Waals surface area (Å²) in [5.41, 5.74) is 4.40. The molecule has 0 radical (unpaired) electrons. The van der Waals surface area contributed by atoms with Crippen LogP contribution in [0.2, 0.25) is 0 Å². The van der Waals surface area contributed by atoms with Gasteiger partial charge >= 0.3 is 0 Å². The lowest BCUT2D eigenvalue weighted by Crippen LogP contribution is -1.95. The van der Waals surface area contributed by atoms with E-state index in [1.165, 1.54) is 5.56 Å². The van der Waals surface area contributed by atoms with Crippen molar-refractivity contribution in [3.8, 4) is 0 Å². The van der Waals surface area contributed by atoms with Gasteiger partial charge in [0.1, 0.15) is 17.9 Å². The summed E-state index contributed by atoms with van der Waals surface area (Å²) < 4.78 is 11.7. The zero-order chi connectivity index (χ0) is 19.5. The number of rotatable bonds is 7. The van der Waals surface area contributed by atoms with Crippen LogP contribution in [0.15, 0.2) is 65.0 Å². The van der Waals surface area contributed by atoms with E-state index in [0.717, 1.165) is 34.3 Å². The fourth-order valence-corrected chi connectivity index (χ4v) is 2.54. The number of furan rings is 1. The first-order valence-electron chi connectivity index (χ1n) is 8.71. The summed E-state index contributed by atoms with van der Waals surface area (Å²) in [5, 5.41) is 8.02. The maximum Gasteiger partial charge on any atom is 0.290 e. The van der Waals surface area contributed by atoms with Crippen molar-refractivity contribution in [2.75, 3.05) is 0 Å². The SMILES string of the molecule is C=C/C(CC)=C(\C=C/C)OCc1coc2ccc(C(C)C)cc12.O=CO. The number of allylic oxidation sites excluding steroid dienone is 4. The van der Waals surface area contributed by atoms with Crippen molar-refractivity contribution in [1.29, 1.82) is 0 Å². The quantitative estimate of drug-likeness (QED) is 0.364. The Morgan fingerprint density at radius 2 is 2.08 bits per heavy atom. The van der Waals surface area contributed by atoms with Gasteiger partial charge in [0.25, 0.3) is 6.47 Å². The molecule has 0 atom stereocenters. The number of hydrogen-bond acceptors (Lipinski definition) is 3. The van der Waals surface area contributed by atoms with Gasteiger partial charge in [-0.25, -0.2) is 0 Å². The molecule has 1 N–H and O–H groups in total. The van der Waals surface area contributed by atoms with Gasteiger partial charge in [-0.15, -0.1) is 0 Å². The number of ether oxygens (including phenoxy) is 1. The van der Waals surface area contributed by atoms with Gasteiger partial charge in [-0.3, -0.25) is 4.79 Å². The molecular formula is C22H28O4. The minimum atomic E-state index is -0.250. The minimum Gasteiger partial charge on any atom is -0.488 e. The zero-order valence-corrected chi connectivity index (χ0v) is 16.0. The Kier molecular flexibility index (Phi) is 8.99. The van der Waals surface area contributed by atoms with Gasteiger partial charge in [-0.1, -0.05) is 45.6 Å². The number of hydrogen-bond donors (Lipinski definition) is 1. The molecule has 0 amide bonds. The van der Waals surface area contributed by atoms with Crippen LogP contribution in [-0.4, -0.2) is 11.6 Å². The smallest absolute Gasteiger partial charge is 0.290 e. The zero-order valence-electron chi connectivity index (χ0n) is 16.0. The summed E-state index contributed by atoms with van der Waals surface area (Å²) in [7, 11) is 0. The third-order valence-electron chi connectivity index (χ3n) is 3.99. The van der Waals surface area contributed by atoms with Crippen molar-refractivity contribution in [3.63, 3.8) is 0 Å². The van der Waals surface area contributed by atoms with Crippen LogP contribution in [0.4, 0.5) is 0 Å². The van der Waals surface area contributed by atoms with Crippen molar-refractivity contribution in [2.24, 2.45) is 0 Å². The second kappa shape index (κ2) is 11.0. The van der Waals surface area contributed by atoms with Gasteiger partial charge in [-0.05, 0) is 48.6 Å². The summed E-state index contributed by atoms with van der Waals surface area (Å²) >= 11 is 0. The number of carbonyl (C=O) groups is 1. The molecule has 0 aliphatic heterocycles. The number of fused-ring (bicyclic) bond motifs is 1. The van der Waals surface area contributed by atoms with E-state index in [1.54, 1.807) is 6.26 Å². The van der Waals surface area contributed by atoms with Crippen molar-refractivity contribution in [2.45, 2.75) is 46.6 Å². The first-order chi connectivity index (χ1) is 12.5. The predicted molar refractivity (Wildman–Crippen MR) is 106 cm³/mol. The van der Waals surface area contributed by atoms with Gasteiger partial charge in [0.05, 0.1) is 6.26 Å². The average Bonchev–Trinajstić information content (AvgIpc) is 3.03. The Morgan fingerprint density at radius 3 is 2.62 bits per heavy atom. The van der Waals surface area contributed by atoms with E-state index >= 15 is 0 Å². The van der Waals surface area contributed by atoms with Crippen LogP contribution in [0.25, 0.3) is 11.0 Å². The lowest BCUT2D eigenvalue weighted by atomic mass is 10.0. The topological polar surface area (TPSA) is 59.7 Å². The molecule has 0 spiro atoms. The lowest BCUT2D eigenvalue weighted by molar-refractivity contribution is -0.122. The van der Waals surface area contributed by atoms with Gasteiger partial charge in [0.15, 0.2) is 0 Å². The highest BCUT2D eigenvalue weighted by Crippen LogP contribution is 2.27. The molecule has 0 unspecified atom stereocenters. The van der Waals surface area contributed by atoms with E-state index < -0.39 is 0 Å². The van der Waals surface area contributed by atoms with Gasteiger partial charge in [0.2, 0.25) is 0 Å². The molecule has 0 aliphatic rings. The fourth-order valence-electron chi connectivity index (χ4n) is 2.54. The van der Waals surface area contributed by atoms with E-state index in [1.807, 2.05) is 31.2 Å². The van der Waals surface area contributed by atoms with Crippen LogP contribution in [0.1, 0.15) is 51.2 Å². The summed E-state index contributed by atoms with van der Waals surface area (Å²) in [6, 6.07) is 6.37. The Morgan fingerprint density at radius 1 is 1.38 bits per heavy atom. The lowest BCUT2D eigenvalue weighted by Gasteiger charge is -2.10. The van der Waals surface area contributed by atoms with Crippen LogP contribution < -0.4 is 0 Å². The van der Waals surface area contributed by atoms with E-state index in [4.69, 9.17) is 19.1 Å². The van der Waals surface area contributed by atoms with E-state index in [9.17, 15) is 0 Å². The molecule has 0 fully saturated rings. The predicted octanol–water partition coefficient (Wildman–Crippen LogP) is 6.20. The second-order valence-electron chi connectivity index (χ2n) is 6.01. The Bertz CT molecular complexity index is 779. The summed E-state index contributed by atoms with van der Waals surface area (Å²) in [5.74, 6) is 1.37. The molecule has 0 aliphatic carbocycles. The third kappa shape index (κ3) is 5.66. The largest absolute Gasteiger partial charge is 0.488 e. The number of carboxylic acid groups (broad SMARTS) is 1. The molecule has 2 aromatic rings. The molecule has 0 saturated heterocycles. The normalized spacial score (nSPS) is 11.9. The van der Waals surface area contributed by atoms with Gasteiger partial charge < -0.3 is 14.3 Å². The van der Waals surface area contributed by atoms with E-state index in [0.29, 0.717) is 12.5 Å². The van der Waals surface area contributed by atoms with Crippen LogP contribution >= 0.6 is 0 Å². The Balaban J connectivity index is 0.00000105. The van der Waals surface area contributed by atoms with Crippen molar-refractivity contribution < 1.29 is 19.1 Å². The number of benzene rings is 1. The standard InChI is InChI=1S/C21H26O2.CH2O2/c1-6-9-20(16(7-2)8-3)22-13-18-14-23-21-11-10-17(15(4)5)12-19(18)21;2-1-3/h6-7,9-12,14-15H,2,8,13H2,1,3-5H3;1H,(H,2,3)/b9-6-,20-16-;. The van der Waals surface area contributed by atoms with Crippen LogP contribution in [0.3, 0.4) is 0 Å². The highest BCUT2D eigenvalue weighted by atomic mass is 16.5. The van der Waals surface area contributed by atoms with Gasteiger partial charge in [-0.2, -0.15) is 0 Å². The molecule has 2 rings (SSSR count). The molecule has 26 heavy (non-hydrogen) atoms. The first kappa shape index (κ1) is 21.3. The highest BCUT2D eigenvalue weighted by Gasteiger charge is 2.10. The first-order valence-corrected chi connectivity index (χ1v) is 8.71.